The van der Waals surface area contributed by atoms with E-state index in [4.69, 9.17) is 0 Å². The predicted octanol–water partition coefficient (Wildman–Crippen LogP) is 2.39. The van der Waals surface area contributed by atoms with Crippen LogP contribution in [0.25, 0.3) is 0 Å². The number of hydrogen-bond acceptors (Lipinski definition) is 4. The van der Waals surface area contributed by atoms with Gasteiger partial charge in [0.1, 0.15) is 0 Å². The van der Waals surface area contributed by atoms with Crippen molar-refractivity contribution in [2.24, 2.45) is 0 Å². The molecule has 2 atom stereocenters. The highest BCUT2D eigenvalue weighted by atomic mass is 32.1. The van der Waals surface area contributed by atoms with Gasteiger partial charge in [0.2, 0.25) is 5.91 Å². The average molecular weight is 309 g/mol. The lowest BCUT2D eigenvalue weighted by atomic mass is 10.1. The minimum Gasteiger partial charge on any atom is -0.354 e. The van der Waals surface area contributed by atoms with Gasteiger partial charge in [0.15, 0.2) is 0 Å². The van der Waals surface area contributed by atoms with E-state index in [0.717, 1.165) is 26.1 Å². The van der Waals surface area contributed by atoms with Crippen LogP contribution in [0.4, 0.5) is 0 Å². The highest BCUT2D eigenvalue weighted by molar-refractivity contribution is 7.07. The lowest BCUT2D eigenvalue weighted by Gasteiger charge is -2.29. The molecule has 1 aromatic rings. The van der Waals surface area contributed by atoms with Crippen molar-refractivity contribution in [3.8, 4) is 0 Å². The van der Waals surface area contributed by atoms with E-state index in [0.29, 0.717) is 19.0 Å². The summed E-state index contributed by atoms with van der Waals surface area (Å²) in [6.07, 6.45) is 2.92. The lowest BCUT2D eigenvalue weighted by molar-refractivity contribution is -0.121. The van der Waals surface area contributed by atoms with E-state index in [1.807, 2.05) is 0 Å². The number of rotatable bonds is 8. The van der Waals surface area contributed by atoms with E-state index >= 15 is 0 Å². The molecule has 1 aliphatic rings. The van der Waals surface area contributed by atoms with Crippen LogP contribution in [0.15, 0.2) is 16.8 Å². The summed E-state index contributed by atoms with van der Waals surface area (Å²) in [5.41, 5.74) is 1.31. The molecule has 1 fully saturated rings. The van der Waals surface area contributed by atoms with Gasteiger partial charge in [-0.15, -0.1) is 0 Å². The van der Waals surface area contributed by atoms with Gasteiger partial charge in [-0.2, -0.15) is 11.3 Å². The van der Waals surface area contributed by atoms with Crippen molar-refractivity contribution in [2.75, 3.05) is 26.2 Å². The first-order valence-electron chi connectivity index (χ1n) is 8.00. The van der Waals surface area contributed by atoms with Crippen molar-refractivity contribution < 1.29 is 4.79 Å². The Kier molecular flexibility index (Phi) is 6.67. The van der Waals surface area contributed by atoms with Crippen LogP contribution in [0.3, 0.4) is 0 Å². The van der Waals surface area contributed by atoms with Crippen molar-refractivity contribution >= 4 is 17.2 Å². The van der Waals surface area contributed by atoms with Gasteiger partial charge in [0, 0.05) is 19.0 Å². The highest BCUT2D eigenvalue weighted by Crippen LogP contribution is 2.22. The maximum atomic E-state index is 12.1. The number of hydrogen-bond donors (Lipinski definition) is 2. The zero-order valence-corrected chi connectivity index (χ0v) is 13.9. The molecule has 2 N–H and O–H groups in total. The average Bonchev–Trinajstić information content (AvgIpc) is 3.16. The number of amides is 1. The molecule has 21 heavy (non-hydrogen) atoms. The zero-order chi connectivity index (χ0) is 15.1. The third kappa shape index (κ3) is 4.80. The van der Waals surface area contributed by atoms with Crippen LogP contribution in [0.5, 0.6) is 0 Å². The van der Waals surface area contributed by atoms with Crippen LogP contribution in [-0.2, 0) is 4.79 Å². The first-order chi connectivity index (χ1) is 10.2. The molecule has 1 amide bonds. The summed E-state index contributed by atoms with van der Waals surface area (Å²) in [6, 6.07) is 2.82. The van der Waals surface area contributed by atoms with Gasteiger partial charge in [-0.05, 0) is 54.9 Å². The highest BCUT2D eigenvalue weighted by Gasteiger charge is 2.21. The van der Waals surface area contributed by atoms with E-state index < -0.39 is 0 Å². The van der Waals surface area contributed by atoms with Gasteiger partial charge < -0.3 is 10.6 Å². The third-order valence-corrected chi connectivity index (χ3v) is 4.97. The standard InChI is InChI=1S/C16H27N3OS/c1-3-19(4-2)15(13-7-9-21-12-13)11-18-16(20)10-14-6-5-8-17-14/h7,9,12,14-15,17H,3-6,8,10-11H2,1-2H3,(H,18,20). The van der Waals surface area contributed by atoms with E-state index in [2.05, 4.69) is 46.2 Å². The van der Waals surface area contributed by atoms with Gasteiger partial charge in [0.05, 0.1) is 6.04 Å². The van der Waals surface area contributed by atoms with Crippen LogP contribution in [-0.4, -0.2) is 43.0 Å². The smallest absolute Gasteiger partial charge is 0.221 e. The molecule has 0 bridgehead atoms. The number of nitrogens with one attached hydrogen (secondary N) is 2. The SMILES string of the molecule is CCN(CC)C(CNC(=O)CC1CCCN1)c1ccsc1. The Morgan fingerprint density at radius 2 is 2.33 bits per heavy atom. The van der Waals surface area contributed by atoms with Gasteiger partial charge >= 0.3 is 0 Å². The predicted molar refractivity (Wildman–Crippen MR) is 88.6 cm³/mol. The summed E-state index contributed by atoms with van der Waals surface area (Å²) in [5.74, 6) is 0.168. The Labute approximate surface area is 131 Å². The second-order valence-electron chi connectivity index (χ2n) is 5.60. The summed E-state index contributed by atoms with van der Waals surface area (Å²) in [4.78, 5) is 14.5. The summed E-state index contributed by atoms with van der Waals surface area (Å²) in [6.45, 7) is 8.09. The first kappa shape index (κ1) is 16.5. The number of likely N-dealkylation sites (N-methyl/N-ethyl adjacent to an activating group) is 1. The Morgan fingerprint density at radius 1 is 1.52 bits per heavy atom. The molecule has 2 heterocycles. The lowest BCUT2D eigenvalue weighted by Crippen LogP contribution is -2.39. The molecule has 0 aromatic carbocycles. The molecule has 0 saturated carbocycles. The number of carbonyl (C=O) groups excluding carboxylic acids is 1. The summed E-state index contributed by atoms with van der Waals surface area (Å²) >= 11 is 1.72. The van der Waals surface area contributed by atoms with Crippen LogP contribution in [0.2, 0.25) is 0 Å². The minimum atomic E-state index is 0.168. The number of thiophene rings is 1. The molecule has 1 aliphatic heterocycles. The molecule has 0 spiro atoms. The second-order valence-corrected chi connectivity index (χ2v) is 6.38. The zero-order valence-electron chi connectivity index (χ0n) is 13.1. The Morgan fingerprint density at radius 3 is 2.90 bits per heavy atom. The minimum absolute atomic E-state index is 0.168. The fourth-order valence-corrected chi connectivity index (χ4v) is 3.73. The molecular formula is C16H27N3OS. The molecule has 118 valence electrons. The summed E-state index contributed by atoms with van der Waals surface area (Å²) < 4.78 is 0. The van der Waals surface area contributed by atoms with Crippen molar-refractivity contribution in [1.82, 2.24) is 15.5 Å². The largest absolute Gasteiger partial charge is 0.354 e. The number of carbonyl (C=O) groups is 1. The summed E-state index contributed by atoms with van der Waals surface area (Å²) in [5, 5.41) is 10.8. The molecular weight excluding hydrogens is 282 g/mol. The van der Waals surface area contributed by atoms with Crippen molar-refractivity contribution in [2.45, 2.75) is 45.2 Å². The Balaban J connectivity index is 1.87. The van der Waals surface area contributed by atoms with Crippen molar-refractivity contribution in [3.05, 3.63) is 22.4 Å². The Hall–Kier alpha value is -0.910. The quantitative estimate of drug-likeness (QED) is 0.775. The van der Waals surface area contributed by atoms with E-state index in [1.165, 1.54) is 12.0 Å². The first-order valence-corrected chi connectivity index (χ1v) is 8.95. The second kappa shape index (κ2) is 8.51. The van der Waals surface area contributed by atoms with E-state index in [1.54, 1.807) is 11.3 Å². The Bertz CT molecular complexity index is 411. The van der Waals surface area contributed by atoms with Gasteiger partial charge in [-0.1, -0.05) is 13.8 Å². The fraction of sp³-hybridized carbons (Fsp3) is 0.688. The van der Waals surface area contributed by atoms with Crippen molar-refractivity contribution in [1.29, 1.82) is 0 Å². The fourth-order valence-electron chi connectivity index (χ4n) is 3.02. The molecule has 5 heteroatoms. The summed E-state index contributed by atoms with van der Waals surface area (Å²) in [7, 11) is 0. The monoisotopic (exact) mass is 309 g/mol. The van der Waals surface area contributed by atoms with Crippen LogP contribution in [0.1, 0.15) is 44.7 Å². The molecule has 1 aromatic heterocycles. The maximum Gasteiger partial charge on any atom is 0.221 e. The van der Waals surface area contributed by atoms with Crippen LogP contribution >= 0.6 is 11.3 Å². The normalized spacial score (nSPS) is 19.9. The van der Waals surface area contributed by atoms with Crippen molar-refractivity contribution in [3.63, 3.8) is 0 Å². The number of nitrogens with zero attached hydrogens (tertiary/aromatic N) is 1. The van der Waals surface area contributed by atoms with Gasteiger partial charge in [-0.25, -0.2) is 0 Å². The molecule has 2 unspecified atom stereocenters. The topological polar surface area (TPSA) is 44.4 Å². The maximum absolute atomic E-state index is 12.1. The molecule has 0 aliphatic carbocycles. The molecule has 2 rings (SSSR count). The van der Waals surface area contributed by atoms with Crippen LogP contribution in [0, 0.1) is 0 Å². The van der Waals surface area contributed by atoms with Crippen LogP contribution < -0.4 is 10.6 Å². The molecule has 1 saturated heterocycles. The molecule has 0 radical (unpaired) electrons. The third-order valence-electron chi connectivity index (χ3n) is 4.27. The van der Waals surface area contributed by atoms with E-state index in [9.17, 15) is 4.79 Å². The van der Waals surface area contributed by atoms with E-state index in [-0.39, 0.29) is 11.9 Å². The van der Waals surface area contributed by atoms with Gasteiger partial charge in [-0.3, -0.25) is 9.69 Å². The van der Waals surface area contributed by atoms with Gasteiger partial charge in [0.25, 0.3) is 0 Å². The molecule has 4 nitrogen and oxygen atoms in total.